The van der Waals surface area contributed by atoms with Crippen LogP contribution in [0.25, 0.3) is 0 Å². The maximum atomic E-state index is 12.4. The van der Waals surface area contributed by atoms with E-state index in [0.29, 0.717) is 30.9 Å². The molecule has 134 valence electrons. The summed E-state index contributed by atoms with van der Waals surface area (Å²) < 4.78 is 10.2. The maximum absolute atomic E-state index is 12.4. The van der Waals surface area contributed by atoms with Crippen molar-refractivity contribution in [2.45, 2.75) is 32.4 Å². The fourth-order valence-corrected chi connectivity index (χ4v) is 4.09. The van der Waals surface area contributed by atoms with Gasteiger partial charge in [0, 0.05) is 31.5 Å². The zero-order valence-corrected chi connectivity index (χ0v) is 15.1. The second-order valence-electron chi connectivity index (χ2n) is 6.23. The first-order valence-corrected chi connectivity index (χ1v) is 9.04. The molecule has 0 saturated carbocycles. The van der Waals surface area contributed by atoms with E-state index in [2.05, 4.69) is 5.16 Å². The van der Waals surface area contributed by atoms with E-state index >= 15 is 0 Å². The number of nitrogens with zero attached hydrogens (tertiary/aromatic N) is 2. The number of aliphatic carboxylic acids is 1. The summed E-state index contributed by atoms with van der Waals surface area (Å²) in [4.78, 5) is 25.7. The predicted octanol–water partition coefficient (Wildman–Crippen LogP) is 1.86. The van der Waals surface area contributed by atoms with E-state index in [1.807, 2.05) is 13.8 Å². The zero-order valence-electron chi connectivity index (χ0n) is 14.3. The van der Waals surface area contributed by atoms with Gasteiger partial charge >= 0.3 is 5.97 Å². The molecule has 8 heteroatoms. The third-order valence-corrected chi connectivity index (χ3v) is 5.40. The highest BCUT2D eigenvalue weighted by Gasteiger charge is 2.43. The van der Waals surface area contributed by atoms with Crippen molar-refractivity contribution in [3.05, 3.63) is 17.0 Å². The molecule has 1 aliphatic rings. The number of amides is 1. The highest BCUT2D eigenvalue weighted by molar-refractivity contribution is 7.99. The number of ether oxygens (including phenoxy) is 1. The number of likely N-dealkylation sites (tertiary alicyclic amines) is 1. The summed E-state index contributed by atoms with van der Waals surface area (Å²) in [6.07, 6.45) is 1.21. The molecule has 0 bridgehead atoms. The number of hydrogen-bond acceptors (Lipinski definition) is 6. The smallest absolute Gasteiger partial charge is 0.313 e. The molecule has 1 fully saturated rings. The molecule has 7 nitrogen and oxygen atoms in total. The Labute approximate surface area is 145 Å². The molecule has 2 heterocycles. The Hall–Kier alpha value is -1.54. The van der Waals surface area contributed by atoms with Crippen molar-refractivity contribution < 1.29 is 24.0 Å². The van der Waals surface area contributed by atoms with E-state index in [9.17, 15) is 14.7 Å². The Balaban J connectivity index is 1.91. The number of carboxylic acid groups (broad SMARTS) is 1. The van der Waals surface area contributed by atoms with Gasteiger partial charge in [-0.2, -0.15) is 0 Å². The number of piperidine rings is 1. The van der Waals surface area contributed by atoms with Crippen LogP contribution in [-0.4, -0.2) is 59.6 Å². The standard InChI is InChI=1S/C16H24N2O5S/c1-11-13(12(2)23-17-11)7-24-8-14(19)18-6-4-5-16(9-18,10-22-3)15(20)21/h4-10H2,1-3H3,(H,20,21). The van der Waals surface area contributed by atoms with Crippen molar-refractivity contribution in [1.29, 1.82) is 0 Å². The van der Waals surface area contributed by atoms with Crippen LogP contribution in [0, 0.1) is 19.3 Å². The van der Waals surface area contributed by atoms with E-state index in [0.717, 1.165) is 17.0 Å². The number of carboxylic acids is 1. The molecule has 1 aliphatic heterocycles. The van der Waals surface area contributed by atoms with E-state index in [-0.39, 0.29) is 19.1 Å². The third-order valence-electron chi connectivity index (χ3n) is 4.46. The van der Waals surface area contributed by atoms with Crippen LogP contribution in [0.4, 0.5) is 0 Å². The third kappa shape index (κ3) is 4.10. The van der Waals surface area contributed by atoms with E-state index in [1.54, 1.807) is 4.90 Å². The number of carbonyl (C=O) groups excluding carboxylic acids is 1. The van der Waals surface area contributed by atoms with Gasteiger partial charge in [-0.3, -0.25) is 9.59 Å². The molecule has 0 spiro atoms. The number of hydrogen-bond donors (Lipinski definition) is 1. The van der Waals surface area contributed by atoms with Gasteiger partial charge in [0.25, 0.3) is 0 Å². The lowest BCUT2D eigenvalue weighted by Crippen LogP contribution is -2.52. The number of aromatic nitrogens is 1. The van der Waals surface area contributed by atoms with Gasteiger partial charge in [-0.1, -0.05) is 5.16 Å². The topological polar surface area (TPSA) is 92.9 Å². The highest BCUT2D eigenvalue weighted by atomic mass is 32.2. The number of methoxy groups -OCH3 is 1. The normalized spacial score (nSPS) is 21.0. The fraction of sp³-hybridized carbons (Fsp3) is 0.688. The molecule has 1 aromatic rings. The lowest BCUT2D eigenvalue weighted by atomic mass is 9.80. The summed E-state index contributed by atoms with van der Waals surface area (Å²) in [5.74, 6) is 0.809. The van der Waals surface area contributed by atoms with Crippen LogP contribution in [-0.2, 0) is 20.1 Å². The van der Waals surface area contributed by atoms with Crippen molar-refractivity contribution in [2.75, 3.05) is 32.6 Å². The molecule has 1 N–H and O–H groups in total. The molecule has 1 unspecified atom stereocenters. The maximum Gasteiger partial charge on any atom is 0.313 e. The van der Waals surface area contributed by atoms with Gasteiger partial charge in [-0.25, -0.2) is 0 Å². The van der Waals surface area contributed by atoms with Gasteiger partial charge < -0.3 is 19.3 Å². The van der Waals surface area contributed by atoms with E-state index < -0.39 is 11.4 Å². The SMILES string of the molecule is COCC1(C(=O)O)CCCN(C(=O)CSCc2c(C)noc2C)C1. The molecule has 2 rings (SSSR count). The molecule has 1 amide bonds. The fourth-order valence-electron chi connectivity index (χ4n) is 3.01. The Bertz CT molecular complexity index is 580. The van der Waals surface area contributed by atoms with Crippen molar-refractivity contribution in [2.24, 2.45) is 5.41 Å². The van der Waals surface area contributed by atoms with Crippen LogP contribution >= 0.6 is 11.8 Å². The van der Waals surface area contributed by atoms with Crippen LogP contribution in [0.2, 0.25) is 0 Å². The number of aryl methyl sites for hydroxylation is 2. The quantitative estimate of drug-likeness (QED) is 0.797. The Kier molecular flexibility index (Phi) is 6.28. The highest BCUT2D eigenvalue weighted by Crippen LogP contribution is 2.31. The van der Waals surface area contributed by atoms with Gasteiger partial charge in [0.15, 0.2) is 0 Å². The number of thioether (sulfide) groups is 1. The van der Waals surface area contributed by atoms with Gasteiger partial charge in [-0.05, 0) is 26.7 Å². The Morgan fingerprint density at radius 1 is 1.46 bits per heavy atom. The van der Waals surface area contributed by atoms with Crippen LogP contribution < -0.4 is 0 Å². The molecule has 1 aromatic heterocycles. The van der Waals surface area contributed by atoms with Gasteiger partial charge in [0.05, 0.1) is 18.1 Å². The first-order chi connectivity index (χ1) is 11.4. The van der Waals surface area contributed by atoms with E-state index in [4.69, 9.17) is 9.26 Å². The first kappa shape index (κ1) is 18.8. The van der Waals surface area contributed by atoms with Gasteiger partial charge in [0.2, 0.25) is 5.91 Å². The molecule has 1 saturated heterocycles. The van der Waals surface area contributed by atoms with Crippen molar-refractivity contribution in [3.63, 3.8) is 0 Å². The van der Waals surface area contributed by atoms with Crippen molar-refractivity contribution in [1.82, 2.24) is 10.1 Å². The second kappa shape index (κ2) is 8.02. The molecule has 24 heavy (non-hydrogen) atoms. The Morgan fingerprint density at radius 3 is 2.79 bits per heavy atom. The molecule has 0 aromatic carbocycles. The van der Waals surface area contributed by atoms with Crippen molar-refractivity contribution in [3.8, 4) is 0 Å². The van der Waals surface area contributed by atoms with Crippen LogP contribution in [0.5, 0.6) is 0 Å². The van der Waals surface area contributed by atoms with Crippen LogP contribution in [0.1, 0.15) is 29.9 Å². The summed E-state index contributed by atoms with van der Waals surface area (Å²) >= 11 is 1.49. The summed E-state index contributed by atoms with van der Waals surface area (Å²) in [6, 6.07) is 0. The van der Waals surface area contributed by atoms with Gasteiger partial charge in [0.1, 0.15) is 11.2 Å². The predicted molar refractivity (Wildman–Crippen MR) is 89.9 cm³/mol. The number of carbonyl (C=O) groups is 2. The minimum atomic E-state index is -0.991. The minimum Gasteiger partial charge on any atom is -0.481 e. The largest absolute Gasteiger partial charge is 0.481 e. The summed E-state index contributed by atoms with van der Waals surface area (Å²) in [7, 11) is 1.49. The molecule has 1 atom stereocenters. The second-order valence-corrected chi connectivity index (χ2v) is 7.22. The van der Waals surface area contributed by atoms with Crippen molar-refractivity contribution >= 4 is 23.6 Å². The monoisotopic (exact) mass is 356 g/mol. The minimum absolute atomic E-state index is 0.0341. The summed E-state index contributed by atoms with van der Waals surface area (Å²) in [5.41, 5.74) is 0.871. The average Bonchev–Trinajstić information content (AvgIpc) is 2.87. The molecular weight excluding hydrogens is 332 g/mol. The lowest BCUT2D eigenvalue weighted by Gasteiger charge is -2.39. The van der Waals surface area contributed by atoms with Crippen LogP contribution in [0.15, 0.2) is 4.52 Å². The zero-order chi connectivity index (χ0) is 17.7. The average molecular weight is 356 g/mol. The number of rotatable bonds is 7. The molecular formula is C16H24N2O5S. The van der Waals surface area contributed by atoms with Crippen LogP contribution in [0.3, 0.4) is 0 Å². The lowest BCUT2D eigenvalue weighted by molar-refractivity contribution is -0.158. The summed E-state index contributed by atoms with van der Waals surface area (Å²) in [6.45, 7) is 4.67. The van der Waals surface area contributed by atoms with E-state index in [1.165, 1.54) is 18.9 Å². The molecule has 0 radical (unpaired) electrons. The summed E-state index contributed by atoms with van der Waals surface area (Å²) in [5, 5.41) is 13.4. The molecule has 0 aliphatic carbocycles. The first-order valence-electron chi connectivity index (χ1n) is 7.89. The van der Waals surface area contributed by atoms with Gasteiger partial charge in [-0.15, -0.1) is 11.8 Å². The Morgan fingerprint density at radius 2 is 2.21 bits per heavy atom.